The molecule has 0 radical (unpaired) electrons. The largest absolute Gasteiger partial charge is 0.388 e. The quantitative estimate of drug-likeness (QED) is 0.849. The van der Waals surface area contributed by atoms with Crippen molar-refractivity contribution in [3.8, 4) is 0 Å². The summed E-state index contributed by atoms with van der Waals surface area (Å²) in [5.74, 6) is 0.607. The second kappa shape index (κ2) is 4.90. The second-order valence-corrected chi connectivity index (χ2v) is 3.65. The number of benzene rings is 1. The number of aliphatic hydroxyl groups is 1. The lowest BCUT2D eigenvalue weighted by Crippen LogP contribution is -2.12. The number of nitrogens with zero attached hydrogens (tertiary/aromatic N) is 3. The van der Waals surface area contributed by atoms with Gasteiger partial charge >= 0.3 is 0 Å². The average molecular weight is 217 g/mol. The Bertz CT molecular complexity index is 439. The van der Waals surface area contributed by atoms with Crippen molar-refractivity contribution in [3.63, 3.8) is 0 Å². The van der Waals surface area contributed by atoms with Crippen molar-refractivity contribution in [2.75, 3.05) is 0 Å². The highest BCUT2D eigenvalue weighted by Gasteiger charge is 2.14. The Kier molecular flexibility index (Phi) is 3.31. The first kappa shape index (κ1) is 10.8. The number of aliphatic hydroxyl groups excluding tert-OH is 1. The molecule has 0 aliphatic carbocycles. The highest BCUT2D eigenvalue weighted by molar-refractivity contribution is 5.20. The van der Waals surface area contributed by atoms with Crippen LogP contribution in [0.25, 0.3) is 0 Å². The van der Waals surface area contributed by atoms with E-state index in [1.165, 1.54) is 5.56 Å². The normalized spacial score (nSPS) is 12.6. The molecule has 4 heteroatoms. The Hall–Kier alpha value is -1.68. The van der Waals surface area contributed by atoms with Gasteiger partial charge in [-0.25, -0.2) is 0 Å². The van der Waals surface area contributed by atoms with Crippen LogP contribution in [0, 0.1) is 0 Å². The van der Waals surface area contributed by atoms with Crippen LogP contribution >= 0.6 is 0 Å². The van der Waals surface area contributed by atoms with Crippen LogP contribution in [0.2, 0.25) is 0 Å². The predicted octanol–water partition coefficient (Wildman–Crippen LogP) is 1.77. The fraction of sp³-hybridized carbons (Fsp3) is 0.333. The minimum absolute atomic E-state index is 0.0800. The fourth-order valence-corrected chi connectivity index (χ4v) is 1.91. The smallest absolute Gasteiger partial charge is 0.159 e. The van der Waals surface area contributed by atoms with Gasteiger partial charge in [-0.3, -0.25) is 0 Å². The molecule has 0 saturated carbocycles. The molecule has 0 amide bonds. The minimum Gasteiger partial charge on any atom is -0.388 e. The summed E-state index contributed by atoms with van der Waals surface area (Å²) in [4.78, 5) is 0. The molecule has 4 nitrogen and oxygen atoms in total. The van der Waals surface area contributed by atoms with E-state index in [9.17, 15) is 5.11 Å². The number of aromatic nitrogens is 3. The molecule has 1 aromatic heterocycles. The molecule has 0 spiro atoms. The van der Waals surface area contributed by atoms with E-state index in [1.807, 2.05) is 22.8 Å². The lowest BCUT2D eigenvalue weighted by molar-refractivity contribution is 0.261. The molecule has 0 aliphatic heterocycles. The van der Waals surface area contributed by atoms with E-state index in [0.717, 1.165) is 6.42 Å². The summed E-state index contributed by atoms with van der Waals surface area (Å²) in [6, 6.07) is 10.4. The maximum absolute atomic E-state index is 9.18. The van der Waals surface area contributed by atoms with Crippen LogP contribution in [0.5, 0.6) is 0 Å². The maximum atomic E-state index is 9.18. The van der Waals surface area contributed by atoms with Crippen molar-refractivity contribution in [2.45, 2.75) is 26.0 Å². The highest BCUT2D eigenvalue weighted by Crippen LogP contribution is 2.22. The molecular weight excluding hydrogens is 202 g/mol. The van der Waals surface area contributed by atoms with E-state index >= 15 is 0 Å². The molecule has 0 fully saturated rings. The van der Waals surface area contributed by atoms with E-state index in [2.05, 4.69) is 29.3 Å². The first-order valence-corrected chi connectivity index (χ1v) is 5.41. The third kappa shape index (κ3) is 1.97. The van der Waals surface area contributed by atoms with Crippen molar-refractivity contribution in [2.24, 2.45) is 0 Å². The number of rotatable bonds is 4. The SMILES string of the molecule is CCC(c1ccccc1)n1cnnc1CO. The summed E-state index contributed by atoms with van der Waals surface area (Å²) < 4.78 is 1.93. The van der Waals surface area contributed by atoms with Gasteiger partial charge in [-0.1, -0.05) is 37.3 Å². The van der Waals surface area contributed by atoms with Gasteiger partial charge in [0, 0.05) is 0 Å². The molecule has 0 saturated heterocycles. The summed E-state index contributed by atoms with van der Waals surface area (Å²) in [6.45, 7) is 2.03. The summed E-state index contributed by atoms with van der Waals surface area (Å²) in [7, 11) is 0. The summed E-state index contributed by atoms with van der Waals surface area (Å²) in [6.07, 6.45) is 2.61. The molecule has 2 aromatic rings. The molecule has 1 unspecified atom stereocenters. The standard InChI is InChI=1S/C12H15N3O/c1-2-11(10-6-4-3-5-7-10)15-9-13-14-12(15)8-16/h3-7,9,11,16H,2,8H2,1H3. The van der Waals surface area contributed by atoms with Crippen LogP contribution in [0.15, 0.2) is 36.7 Å². The lowest BCUT2D eigenvalue weighted by Gasteiger charge is -2.18. The number of hydrogen-bond donors (Lipinski definition) is 1. The van der Waals surface area contributed by atoms with E-state index in [0.29, 0.717) is 5.82 Å². The van der Waals surface area contributed by atoms with Gasteiger partial charge in [-0.05, 0) is 12.0 Å². The minimum atomic E-state index is -0.0800. The third-order valence-corrected chi connectivity index (χ3v) is 2.70. The zero-order valence-electron chi connectivity index (χ0n) is 9.24. The Labute approximate surface area is 94.6 Å². The van der Waals surface area contributed by atoms with Crippen molar-refractivity contribution < 1.29 is 5.11 Å². The summed E-state index contributed by atoms with van der Waals surface area (Å²) in [5.41, 5.74) is 1.21. The van der Waals surface area contributed by atoms with Crippen molar-refractivity contribution in [1.82, 2.24) is 14.8 Å². The monoisotopic (exact) mass is 217 g/mol. The van der Waals surface area contributed by atoms with Crippen molar-refractivity contribution >= 4 is 0 Å². The van der Waals surface area contributed by atoms with Crippen molar-refractivity contribution in [1.29, 1.82) is 0 Å². The molecule has 1 heterocycles. The zero-order chi connectivity index (χ0) is 11.4. The molecule has 0 bridgehead atoms. The second-order valence-electron chi connectivity index (χ2n) is 3.65. The van der Waals surface area contributed by atoms with Crippen molar-refractivity contribution in [3.05, 3.63) is 48.0 Å². The van der Waals surface area contributed by atoms with Gasteiger partial charge in [0.05, 0.1) is 6.04 Å². The Morgan fingerprint density at radius 1 is 1.31 bits per heavy atom. The first-order chi connectivity index (χ1) is 7.86. The maximum Gasteiger partial charge on any atom is 0.159 e. The molecule has 1 aromatic carbocycles. The Balaban J connectivity index is 2.37. The van der Waals surface area contributed by atoms with Crippen LogP contribution in [-0.4, -0.2) is 19.9 Å². The first-order valence-electron chi connectivity index (χ1n) is 5.41. The van der Waals surface area contributed by atoms with Crippen LogP contribution in [-0.2, 0) is 6.61 Å². The summed E-state index contributed by atoms with van der Waals surface area (Å²) >= 11 is 0. The predicted molar refractivity (Wildman–Crippen MR) is 60.8 cm³/mol. The topological polar surface area (TPSA) is 50.9 Å². The van der Waals surface area contributed by atoms with Gasteiger partial charge < -0.3 is 9.67 Å². The van der Waals surface area contributed by atoms with Crippen LogP contribution in [0.4, 0.5) is 0 Å². The molecule has 1 atom stereocenters. The highest BCUT2D eigenvalue weighted by atomic mass is 16.3. The van der Waals surface area contributed by atoms with E-state index < -0.39 is 0 Å². The lowest BCUT2D eigenvalue weighted by atomic mass is 10.0. The average Bonchev–Trinajstić information content (AvgIpc) is 2.80. The van der Waals surface area contributed by atoms with Crippen LogP contribution < -0.4 is 0 Å². The Morgan fingerprint density at radius 2 is 2.06 bits per heavy atom. The van der Waals surface area contributed by atoms with Crippen LogP contribution in [0.3, 0.4) is 0 Å². The van der Waals surface area contributed by atoms with Gasteiger partial charge in [0.1, 0.15) is 12.9 Å². The summed E-state index contributed by atoms with van der Waals surface area (Å²) in [5, 5.41) is 16.9. The van der Waals surface area contributed by atoms with Gasteiger partial charge in [-0.15, -0.1) is 10.2 Å². The molecule has 2 rings (SSSR count). The third-order valence-electron chi connectivity index (χ3n) is 2.70. The fourth-order valence-electron chi connectivity index (χ4n) is 1.91. The molecule has 1 N–H and O–H groups in total. The molecule has 0 aliphatic rings. The van der Waals surface area contributed by atoms with E-state index in [1.54, 1.807) is 6.33 Å². The van der Waals surface area contributed by atoms with Crippen LogP contribution in [0.1, 0.15) is 30.8 Å². The Morgan fingerprint density at radius 3 is 2.69 bits per heavy atom. The van der Waals surface area contributed by atoms with E-state index in [-0.39, 0.29) is 12.6 Å². The molecule has 84 valence electrons. The number of hydrogen-bond acceptors (Lipinski definition) is 3. The van der Waals surface area contributed by atoms with Gasteiger partial charge in [0.25, 0.3) is 0 Å². The van der Waals surface area contributed by atoms with Gasteiger partial charge in [-0.2, -0.15) is 0 Å². The molecule has 16 heavy (non-hydrogen) atoms. The van der Waals surface area contributed by atoms with Gasteiger partial charge in [0.15, 0.2) is 5.82 Å². The van der Waals surface area contributed by atoms with Gasteiger partial charge in [0.2, 0.25) is 0 Å². The zero-order valence-corrected chi connectivity index (χ0v) is 9.24. The molecular formula is C12H15N3O. The van der Waals surface area contributed by atoms with E-state index in [4.69, 9.17) is 0 Å².